The molecular formula is C16H18N2O3. The molecule has 0 spiro atoms. The number of fused-ring (bicyclic) bond motifs is 3. The Balaban J connectivity index is 1.37. The molecule has 0 aromatic heterocycles. The summed E-state index contributed by atoms with van der Waals surface area (Å²) in [6.07, 6.45) is 7.19. The highest BCUT2D eigenvalue weighted by molar-refractivity contribution is 5.95. The summed E-state index contributed by atoms with van der Waals surface area (Å²) in [4.78, 5) is 12.1. The largest absolute Gasteiger partial charge is 0.454 e. The van der Waals surface area contributed by atoms with E-state index in [1.54, 1.807) is 18.2 Å². The minimum atomic E-state index is -0.215. The summed E-state index contributed by atoms with van der Waals surface area (Å²) < 4.78 is 10.5. The monoisotopic (exact) mass is 286 g/mol. The normalized spacial score (nSPS) is 29.2. The Hall–Kier alpha value is -2.04. The first-order valence-electron chi connectivity index (χ1n) is 7.53. The van der Waals surface area contributed by atoms with Crippen LogP contribution in [-0.4, -0.2) is 18.9 Å². The fraction of sp³-hybridized carbons (Fsp3) is 0.500. The molecule has 4 rings (SSSR count). The zero-order valence-electron chi connectivity index (χ0n) is 11.7. The maximum absolute atomic E-state index is 12.1. The van der Waals surface area contributed by atoms with Gasteiger partial charge in [-0.3, -0.25) is 4.79 Å². The fourth-order valence-electron chi connectivity index (χ4n) is 3.77. The molecule has 0 radical (unpaired) electrons. The quantitative estimate of drug-likeness (QED) is 0.686. The van der Waals surface area contributed by atoms with Gasteiger partial charge in [0.15, 0.2) is 11.5 Å². The van der Waals surface area contributed by atoms with Gasteiger partial charge < -0.3 is 9.47 Å². The number of carbonyl (C=O) groups excluding carboxylic acids is 1. The average Bonchev–Trinajstić information content (AvgIpc) is 3.22. The lowest BCUT2D eigenvalue weighted by Gasteiger charge is -2.16. The van der Waals surface area contributed by atoms with Gasteiger partial charge in [0, 0.05) is 11.8 Å². The van der Waals surface area contributed by atoms with E-state index in [4.69, 9.17) is 9.47 Å². The van der Waals surface area contributed by atoms with Crippen LogP contribution in [0.2, 0.25) is 0 Å². The Morgan fingerprint density at radius 3 is 2.95 bits per heavy atom. The highest BCUT2D eigenvalue weighted by Crippen LogP contribution is 2.47. The van der Waals surface area contributed by atoms with Gasteiger partial charge in [0.05, 0.1) is 0 Å². The molecule has 1 amide bonds. The van der Waals surface area contributed by atoms with Crippen molar-refractivity contribution >= 4 is 12.1 Å². The van der Waals surface area contributed by atoms with Gasteiger partial charge >= 0.3 is 0 Å². The van der Waals surface area contributed by atoms with Crippen LogP contribution in [0, 0.1) is 17.8 Å². The molecule has 2 fully saturated rings. The van der Waals surface area contributed by atoms with Gasteiger partial charge in [-0.2, -0.15) is 5.10 Å². The molecule has 3 aliphatic rings. The number of hydrazone groups is 1. The number of carbonyl (C=O) groups is 1. The topological polar surface area (TPSA) is 59.9 Å². The molecule has 1 aliphatic heterocycles. The molecule has 5 heteroatoms. The van der Waals surface area contributed by atoms with Crippen molar-refractivity contribution in [3.63, 3.8) is 0 Å². The third kappa shape index (κ3) is 2.37. The summed E-state index contributed by atoms with van der Waals surface area (Å²) >= 11 is 0. The van der Waals surface area contributed by atoms with Crippen LogP contribution in [0.15, 0.2) is 23.3 Å². The van der Waals surface area contributed by atoms with Crippen LogP contribution >= 0.6 is 0 Å². The standard InChI is InChI=1S/C16H18N2O3/c19-16(12-3-4-14-15(7-12)21-9-20-14)18-17-8-13-6-10-1-2-11(13)5-10/h3-4,7-8,10-11,13H,1-2,5-6,9H2,(H,18,19)/t10-,11-,13+/m0/s1. The molecule has 1 aromatic rings. The second kappa shape index (κ2) is 5.06. The predicted molar refractivity (Wildman–Crippen MR) is 77.5 cm³/mol. The van der Waals surface area contributed by atoms with Gasteiger partial charge in [-0.15, -0.1) is 0 Å². The number of amides is 1. The number of nitrogens with one attached hydrogen (secondary N) is 1. The maximum Gasteiger partial charge on any atom is 0.271 e. The molecule has 21 heavy (non-hydrogen) atoms. The SMILES string of the molecule is O=C(NN=C[C@H]1C[C@H]2CC[C@H]1C2)c1ccc2c(c1)OCO2. The van der Waals surface area contributed by atoms with Gasteiger partial charge in [0.25, 0.3) is 5.91 Å². The Morgan fingerprint density at radius 2 is 2.14 bits per heavy atom. The van der Waals surface area contributed by atoms with Gasteiger partial charge in [-0.25, -0.2) is 5.43 Å². The summed E-state index contributed by atoms with van der Waals surface area (Å²) in [7, 11) is 0. The van der Waals surface area contributed by atoms with E-state index in [1.807, 2.05) is 6.21 Å². The molecule has 3 atom stereocenters. The van der Waals surface area contributed by atoms with E-state index in [0.717, 1.165) is 11.8 Å². The number of rotatable bonds is 3. The summed E-state index contributed by atoms with van der Waals surface area (Å²) in [5, 5.41) is 4.15. The van der Waals surface area contributed by atoms with Gasteiger partial charge in [0.2, 0.25) is 6.79 Å². The van der Waals surface area contributed by atoms with Crippen LogP contribution in [0.5, 0.6) is 11.5 Å². The smallest absolute Gasteiger partial charge is 0.271 e. The second-order valence-corrected chi connectivity index (χ2v) is 6.13. The summed E-state index contributed by atoms with van der Waals surface area (Å²) in [5.41, 5.74) is 3.14. The summed E-state index contributed by atoms with van der Waals surface area (Å²) in [6, 6.07) is 5.15. The molecule has 2 aliphatic carbocycles. The molecule has 1 aromatic carbocycles. The summed E-state index contributed by atoms with van der Waals surface area (Å²) in [6.45, 7) is 0.211. The van der Waals surface area contributed by atoms with Crippen LogP contribution in [0.3, 0.4) is 0 Å². The third-order valence-corrected chi connectivity index (χ3v) is 4.86. The minimum absolute atomic E-state index is 0.211. The molecule has 110 valence electrons. The Morgan fingerprint density at radius 1 is 1.24 bits per heavy atom. The lowest BCUT2D eigenvalue weighted by atomic mass is 9.90. The fourth-order valence-corrected chi connectivity index (χ4v) is 3.77. The van der Waals surface area contributed by atoms with E-state index < -0.39 is 0 Å². The minimum Gasteiger partial charge on any atom is -0.454 e. The van der Waals surface area contributed by atoms with Gasteiger partial charge in [-0.05, 0) is 55.2 Å². The van der Waals surface area contributed by atoms with E-state index in [-0.39, 0.29) is 12.7 Å². The third-order valence-electron chi connectivity index (χ3n) is 4.86. The van der Waals surface area contributed by atoms with Crippen molar-refractivity contribution in [3.05, 3.63) is 23.8 Å². The first-order valence-corrected chi connectivity index (χ1v) is 7.53. The summed E-state index contributed by atoms with van der Waals surface area (Å²) in [5.74, 6) is 3.28. The molecule has 0 unspecified atom stereocenters. The van der Waals surface area contributed by atoms with Crippen LogP contribution in [0.1, 0.15) is 36.0 Å². The van der Waals surface area contributed by atoms with Crippen LogP contribution in [0.25, 0.3) is 0 Å². The van der Waals surface area contributed by atoms with Crippen molar-refractivity contribution in [2.75, 3.05) is 6.79 Å². The number of ether oxygens (including phenoxy) is 2. The zero-order valence-corrected chi connectivity index (χ0v) is 11.7. The molecule has 2 saturated carbocycles. The molecule has 5 nitrogen and oxygen atoms in total. The predicted octanol–water partition coefficient (Wildman–Crippen LogP) is 2.57. The van der Waals surface area contributed by atoms with Crippen molar-refractivity contribution in [2.45, 2.75) is 25.7 Å². The van der Waals surface area contributed by atoms with Crippen molar-refractivity contribution in [1.29, 1.82) is 0 Å². The first-order chi connectivity index (χ1) is 10.3. The number of benzene rings is 1. The highest BCUT2D eigenvalue weighted by Gasteiger charge is 2.38. The number of nitrogens with zero attached hydrogens (tertiary/aromatic N) is 1. The van der Waals surface area contributed by atoms with Crippen LogP contribution in [0.4, 0.5) is 0 Å². The van der Waals surface area contributed by atoms with Crippen molar-refractivity contribution in [1.82, 2.24) is 5.43 Å². The van der Waals surface area contributed by atoms with E-state index in [9.17, 15) is 4.79 Å². The number of hydrogen-bond donors (Lipinski definition) is 1. The molecule has 0 saturated heterocycles. The Bertz CT molecular complexity index is 599. The van der Waals surface area contributed by atoms with Crippen molar-refractivity contribution in [2.24, 2.45) is 22.9 Å². The van der Waals surface area contributed by atoms with E-state index in [2.05, 4.69) is 10.5 Å². The van der Waals surface area contributed by atoms with E-state index >= 15 is 0 Å². The number of hydrogen-bond acceptors (Lipinski definition) is 4. The Kier molecular flexibility index (Phi) is 3.05. The van der Waals surface area contributed by atoms with Crippen LogP contribution < -0.4 is 14.9 Å². The maximum atomic E-state index is 12.1. The van der Waals surface area contributed by atoms with Crippen molar-refractivity contribution < 1.29 is 14.3 Å². The van der Waals surface area contributed by atoms with Gasteiger partial charge in [-0.1, -0.05) is 6.42 Å². The highest BCUT2D eigenvalue weighted by atomic mass is 16.7. The molecular weight excluding hydrogens is 268 g/mol. The first kappa shape index (κ1) is 12.7. The second-order valence-electron chi connectivity index (χ2n) is 6.13. The van der Waals surface area contributed by atoms with Crippen molar-refractivity contribution in [3.8, 4) is 11.5 Å². The average molecular weight is 286 g/mol. The molecule has 1 N–H and O–H groups in total. The lowest BCUT2D eigenvalue weighted by molar-refractivity contribution is 0.0954. The lowest BCUT2D eigenvalue weighted by Crippen LogP contribution is -2.20. The van der Waals surface area contributed by atoms with Gasteiger partial charge in [0.1, 0.15) is 0 Å². The Labute approximate surface area is 123 Å². The van der Waals surface area contributed by atoms with Crippen LogP contribution in [-0.2, 0) is 0 Å². The molecule has 1 heterocycles. The molecule has 2 bridgehead atoms. The zero-order chi connectivity index (χ0) is 14.2. The van der Waals surface area contributed by atoms with E-state index in [0.29, 0.717) is 23.0 Å². The van der Waals surface area contributed by atoms with E-state index in [1.165, 1.54) is 25.7 Å².